The van der Waals surface area contributed by atoms with E-state index in [0.29, 0.717) is 29.9 Å². The fraction of sp³-hybridized carbons (Fsp3) is 0.421. The van der Waals surface area contributed by atoms with Crippen LogP contribution in [0.25, 0.3) is 5.69 Å². The van der Waals surface area contributed by atoms with Crippen LogP contribution in [0, 0.1) is 5.92 Å². The minimum absolute atomic E-state index is 0.0184. The molecular weight excluding hydrogens is 362 g/mol. The van der Waals surface area contributed by atoms with E-state index in [9.17, 15) is 19.5 Å². The Labute approximate surface area is 161 Å². The van der Waals surface area contributed by atoms with Gasteiger partial charge in [-0.1, -0.05) is 19.1 Å². The molecule has 0 saturated carbocycles. The van der Waals surface area contributed by atoms with Gasteiger partial charge in [0.15, 0.2) is 0 Å². The van der Waals surface area contributed by atoms with Crippen LogP contribution in [-0.4, -0.2) is 48.8 Å². The van der Waals surface area contributed by atoms with E-state index in [1.165, 1.54) is 4.90 Å². The third-order valence-electron chi connectivity index (χ3n) is 5.22. The van der Waals surface area contributed by atoms with Gasteiger partial charge in [0.2, 0.25) is 11.8 Å². The minimum atomic E-state index is -0.701. The highest BCUT2D eigenvalue weighted by atomic mass is 16.3. The smallest absolute Gasteiger partial charge is 0.255 e. The van der Waals surface area contributed by atoms with Crippen molar-refractivity contribution in [1.82, 2.24) is 25.2 Å². The first-order valence-corrected chi connectivity index (χ1v) is 9.23. The summed E-state index contributed by atoms with van der Waals surface area (Å²) in [4.78, 5) is 37.7. The first-order chi connectivity index (χ1) is 13.3. The van der Waals surface area contributed by atoms with Crippen molar-refractivity contribution < 1.29 is 19.5 Å². The lowest BCUT2D eigenvalue weighted by Crippen LogP contribution is -2.52. The Kier molecular flexibility index (Phi) is 4.46. The van der Waals surface area contributed by atoms with Gasteiger partial charge in [-0.25, -0.2) is 4.68 Å². The van der Waals surface area contributed by atoms with Gasteiger partial charge in [-0.2, -0.15) is 0 Å². The molecule has 1 saturated heterocycles. The predicted octanol–water partition coefficient (Wildman–Crippen LogP) is 0.718. The van der Waals surface area contributed by atoms with Gasteiger partial charge in [0.25, 0.3) is 5.91 Å². The van der Waals surface area contributed by atoms with Gasteiger partial charge in [0.05, 0.1) is 11.9 Å². The lowest BCUT2D eigenvalue weighted by molar-refractivity contribution is -0.136. The molecule has 2 aromatic rings. The summed E-state index contributed by atoms with van der Waals surface area (Å²) >= 11 is 0. The van der Waals surface area contributed by atoms with Crippen LogP contribution in [0.2, 0.25) is 0 Å². The molecule has 2 N–H and O–H groups in total. The van der Waals surface area contributed by atoms with Gasteiger partial charge >= 0.3 is 0 Å². The number of benzene rings is 1. The monoisotopic (exact) mass is 383 g/mol. The van der Waals surface area contributed by atoms with Gasteiger partial charge in [-0.05, 0) is 36.1 Å². The molecule has 9 heteroatoms. The molecule has 2 aliphatic rings. The number of aromatic nitrogens is 3. The van der Waals surface area contributed by atoms with Crippen LogP contribution in [-0.2, 0) is 16.1 Å². The highest BCUT2D eigenvalue weighted by molar-refractivity contribution is 6.05. The summed E-state index contributed by atoms with van der Waals surface area (Å²) in [6.07, 6.45) is 1.52. The van der Waals surface area contributed by atoms with Crippen LogP contribution in [0.4, 0.5) is 0 Å². The molecule has 1 aromatic heterocycles. The Morgan fingerprint density at radius 1 is 1.25 bits per heavy atom. The fourth-order valence-electron chi connectivity index (χ4n) is 3.58. The van der Waals surface area contributed by atoms with Crippen molar-refractivity contribution in [3.63, 3.8) is 0 Å². The summed E-state index contributed by atoms with van der Waals surface area (Å²) in [5.74, 6) is -0.935. The first-order valence-electron chi connectivity index (χ1n) is 9.23. The first kappa shape index (κ1) is 18.3. The average Bonchev–Trinajstić information content (AvgIpc) is 3.26. The number of hydrogen-bond donors (Lipinski definition) is 2. The third-order valence-corrected chi connectivity index (χ3v) is 5.22. The summed E-state index contributed by atoms with van der Waals surface area (Å²) in [5, 5.41) is 20.5. The van der Waals surface area contributed by atoms with E-state index < -0.39 is 18.1 Å². The fourth-order valence-corrected chi connectivity index (χ4v) is 3.58. The number of rotatable bonds is 4. The number of imide groups is 1. The van der Waals surface area contributed by atoms with E-state index in [-0.39, 0.29) is 24.2 Å². The summed E-state index contributed by atoms with van der Waals surface area (Å²) in [5.41, 5.74) is 2.52. The van der Waals surface area contributed by atoms with Crippen LogP contribution in [0.3, 0.4) is 0 Å². The molecule has 0 bridgehead atoms. The number of aliphatic hydroxyl groups excluding tert-OH is 1. The second-order valence-corrected chi connectivity index (χ2v) is 7.52. The Morgan fingerprint density at radius 2 is 2.04 bits per heavy atom. The van der Waals surface area contributed by atoms with Gasteiger partial charge in [-0.15, -0.1) is 5.10 Å². The van der Waals surface area contributed by atoms with Crippen molar-refractivity contribution in [2.24, 2.45) is 5.92 Å². The number of nitrogens with zero attached hydrogens (tertiary/aromatic N) is 4. The van der Waals surface area contributed by atoms with Crippen molar-refractivity contribution in [1.29, 1.82) is 0 Å². The summed E-state index contributed by atoms with van der Waals surface area (Å²) < 4.78 is 1.56. The van der Waals surface area contributed by atoms with Gasteiger partial charge in [-0.3, -0.25) is 19.7 Å². The number of piperidine rings is 1. The number of nitrogens with one attached hydrogen (secondary N) is 1. The third kappa shape index (κ3) is 3.07. The summed E-state index contributed by atoms with van der Waals surface area (Å²) in [6, 6.07) is 4.66. The minimum Gasteiger partial charge on any atom is -0.386 e. The van der Waals surface area contributed by atoms with E-state index in [1.807, 2.05) is 19.9 Å². The summed E-state index contributed by atoms with van der Waals surface area (Å²) in [7, 11) is 0. The topological polar surface area (TPSA) is 117 Å². The molecule has 4 rings (SSSR count). The lowest BCUT2D eigenvalue weighted by atomic mass is 10.0. The van der Waals surface area contributed by atoms with Crippen LogP contribution in [0.1, 0.15) is 54.4 Å². The standard InChI is InChI=1S/C19H21N5O4/c1-10(2)17(26)14-9-24(22-21-14)12-3-4-13-11(7-12)8-23(19(13)28)15-5-6-16(25)20-18(15)27/h3-4,7,9-10,15,17,26H,5-6,8H2,1-2H3,(H,20,25,27). The van der Waals surface area contributed by atoms with E-state index in [0.717, 1.165) is 5.56 Å². The molecule has 9 nitrogen and oxygen atoms in total. The molecule has 2 aliphatic heterocycles. The van der Waals surface area contributed by atoms with Crippen LogP contribution in [0.5, 0.6) is 0 Å². The Balaban J connectivity index is 1.58. The van der Waals surface area contributed by atoms with Crippen molar-refractivity contribution >= 4 is 17.7 Å². The highest BCUT2D eigenvalue weighted by Crippen LogP contribution is 2.29. The number of carbonyl (C=O) groups is 3. The maximum absolute atomic E-state index is 12.7. The molecule has 28 heavy (non-hydrogen) atoms. The lowest BCUT2D eigenvalue weighted by Gasteiger charge is -2.29. The summed E-state index contributed by atoms with van der Waals surface area (Å²) in [6.45, 7) is 4.09. The van der Waals surface area contributed by atoms with Gasteiger partial charge in [0, 0.05) is 18.5 Å². The molecule has 0 radical (unpaired) electrons. The van der Waals surface area contributed by atoms with Crippen molar-refractivity contribution in [3.05, 3.63) is 41.2 Å². The molecule has 2 atom stereocenters. The maximum Gasteiger partial charge on any atom is 0.255 e. The van der Waals surface area contributed by atoms with E-state index in [4.69, 9.17) is 0 Å². The molecule has 1 fully saturated rings. The second kappa shape index (κ2) is 6.83. The highest BCUT2D eigenvalue weighted by Gasteiger charge is 2.39. The van der Waals surface area contributed by atoms with Crippen LogP contribution < -0.4 is 5.32 Å². The number of carbonyl (C=O) groups excluding carboxylic acids is 3. The molecule has 3 heterocycles. The van der Waals surface area contributed by atoms with Crippen molar-refractivity contribution in [2.75, 3.05) is 0 Å². The number of aliphatic hydroxyl groups is 1. The van der Waals surface area contributed by atoms with E-state index >= 15 is 0 Å². The molecule has 0 aliphatic carbocycles. The van der Waals surface area contributed by atoms with Gasteiger partial charge in [0.1, 0.15) is 17.8 Å². The Bertz CT molecular complexity index is 967. The molecule has 3 amide bonds. The molecule has 0 spiro atoms. The SMILES string of the molecule is CC(C)C(O)c1cn(-c2ccc3c(c2)CN(C2CCC(=O)NC2=O)C3=O)nn1. The zero-order valence-electron chi connectivity index (χ0n) is 15.6. The zero-order valence-corrected chi connectivity index (χ0v) is 15.6. The molecule has 2 unspecified atom stereocenters. The van der Waals surface area contributed by atoms with E-state index in [2.05, 4.69) is 15.6 Å². The number of fused-ring (bicyclic) bond motifs is 1. The second-order valence-electron chi connectivity index (χ2n) is 7.52. The normalized spacial score (nSPS) is 20.5. The zero-order chi connectivity index (χ0) is 20.0. The van der Waals surface area contributed by atoms with Crippen molar-refractivity contribution in [2.45, 2.75) is 45.4 Å². The number of hydrogen-bond acceptors (Lipinski definition) is 6. The van der Waals surface area contributed by atoms with Crippen molar-refractivity contribution in [3.8, 4) is 5.69 Å². The van der Waals surface area contributed by atoms with Crippen LogP contribution >= 0.6 is 0 Å². The average molecular weight is 383 g/mol. The predicted molar refractivity (Wildman–Crippen MR) is 97.2 cm³/mol. The van der Waals surface area contributed by atoms with Crippen LogP contribution in [0.15, 0.2) is 24.4 Å². The maximum atomic E-state index is 12.7. The van der Waals surface area contributed by atoms with E-state index in [1.54, 1.807) is 23.0 Å². The van der Waals surface area contributed by atoms with Gasteiger partial charge < -0.3 is 10.0 Å². The molecule has 1 aromatic carbocycles. The number of amides is 3. The Hall–Kier alpha value is -3.07. The largest absolute Gasteiger partial charge is 0.386 e. The molecule has 146 valence electrons. The molecular formula is C19H21N5O4. The Morgan fingerprint density at radius 3 is 2.75 bits per heavy atom. The quantitative estimate of drug-likeness (QED) is 0.751.